The number of hydrogen-bond acceptors (Lipinski definition) is 3. The zero-order chi connectivity index (χ0) is 10.6. The molecule has 0 radical (unpaired) electrons. The number of benzene rings is 1. The number of aromatic hydroxyl groups is 2. The molecule has 14 heavy (non-hydrogen) atoms. The molecule has 3 N–H and O–H groups in total. The van der Waals surface area contributed by atoms with E-state index >= 15 is 0 Å². The lowest BCUT2D eigenvalue weighted by Gasteiger charge is -2.08. The van der Waals surface area contributed by atoms with E-state index in [1.807, 2.05) is 0 Å². The van der Waals surface area contributed by atoms with Gasteiger partial charge in [-0.1, -0.05) is 13.8 Å². The highest BCUT2D eigenvalue weighted by molar-refractivity contribution is 5.53. The quantitative estimate of drug-likeness (QED) is 0.511. The van der Waals surface area contributed by atoms with Gasteiger partial charge in [0.25, 0.3) is 0 Å². The van der Waals surface area contributed by atoms with E-state index in [0.717, 1.165) is 18.7 Å². The van der Waals surface area contributed by atoms with Gasteiger partial charge in [-0.2, -0.15) is 0 Å². The van der Waals surface area contributed by atoms with E-state index in [2.05, 4.69) is 19.2 Å². The Morgan fingerprint density at radius 2 is 1.93 bits per heavy atom. The Kier molecular flexibility index (Phi) is 3.63. The first-order valence-corrected chi connectivity index (χ1v) is 4.85. The molecule has 0 aliphatic heterocycles. The van der Waals surface area contributed by atoms with Gasteiger partial charge in [-0.15, -0.1) is 0 Å². The normalized spacial score (nSPS) is 10.5. The van der Waals surface area contributed by atoms with Gasteiger partial charge in [0.15, 0.2) is 11.5 Å². The minimum Gasteiger partial charge on any atom is -0.504 e. The minimum absolute atomic E-state index is 0.0838. The molecule has 0 aliphatic rings. The van der Waals surface area contributed by atoms with Crippen LogP contribution < -0.4 is 5.32 Å². The van der Waals surface area contributed by atoms with Crippen LogP contribution in [0.5, 0.6) is 11.5 Å². The maximum atomic E-state index is 9.22. The summed E-state index contributed by atoms with van der Waals surface area (Å²) in [5.74, 6) is 0.493. The Balaban J connectivity index is 2.47. The lowest BCUT2D eigenvalue weighted by atomic mass is 10.1. The van der Waals surface area contributed by atoms with Crippen LogP contribution in [0.25, 0.3) is 0 Å². The summed E-state index contributed by atoms with van der Waals surface area (Å²) in [4.78, 5) is 0. The first-order chi connectivity index (χ1) is 6.59. The van der Waals surface area contributed by atoms with Crippen LogP contribution in [0.3, 0.4) is 0 Å². The Hall–Kier alpha value is -1.38. The van der Waals surface area contributed by atoms with E-state index in [1.165, 1.54) is 12.1 Å². The van der Waals surface area contributed by atoms with Crippen LogP contribution in [0.15, 0.2) is 18.2 Å². The number of phenols is 2. The third kappa shape index (κ3) is 3.17. The van der Waals surface area contributed by atoms with E-state index in [0.29, 0.717) is 5.92 Å². The van der Waals surface area contributed by atoms with Gasteiger partial charge in [-0.3, -0.25) is 0 Å². The van der Waals surface area contributed by atoms with Crippen molar-refractivity contribution < 1.29 is 10.2 Å². The highest BCUT2D eigenvalue weighted by Gasteiger charge is 2.00. The molecular formula is C11H17NO2. The summed E-state index contributed by atoms with van der Waals surface area (Å²) < 4.78 is 0. The van der Waals surface area contributed by atoms with Gasteiger partial charge in [0.1, 0.15) is 0 Å². The zero-order valence-corrected chi connectivity index (χ0v) is 8.62. The van der Waals surface area contributed by atoms with Crippen molar-refractivity contribution in [2.75, 3.05) is 11.9 Å². The maximum Gasteiger partial charge on any atom is 0.159 e. The van der Waals surface area contributed by atoms with Crippen molar-refractivity contribution in [3.05, 3.63) is 18.2 Å². The molecule has 0 fully saturated rings. The van der Waals surface area contributed by atoms with Gasteiger partial charge >= 0.3 is 0 Å². The number of hydrogen-bond donors (Lipinski definition) is 3. The molecule has 0 amide bonds. The van der Waals surface area contributed by atoms with Gasteiger partial charge in [0.05, 0.1) is 0 Å². The molecule has 1 rings (SSSR count). The van der Waals surface area contributed by atoms with Gasteiger partial charge in [0.2, 0.25) is 0 Å². The highest BCUT2D eigenvalue weighted by Crippen LogP contribution is 2.27. The second-order valence-corrected chi connectivity index (χ2v) is 3.81. The number of phenolic OH excluding ortho intramolecular Hbond substituents is 2. The second kappa shape index (κ2) is 4.74. The molecular weight excluding hydrogens is 178 g/mol. The predicted octanol–water partition coefficient (Wildman–Crippen LogP) is 2.56. The first-order valence-electron chi connectivity index (χ1n) is 4.85. The molecule has 78 valence electrons. The fourth-order valence-corrected chi connectivity index (χ4v) is 1.14. The van der Waals surface area contributed by atoms with Crippen molar-refractivity contribution in [1.82, 2.24) is 0 Å². The fourth-order valence-electron chi connectivity index (χ4n) is 1.14. The van der Waals surface area contributed by atoms with Gasteiger partial charge in [0, 0.05) is 18.3 Å². The van der Waals surface area contributed by atoms with E-state index in [-0.39, 0.29) is 11.5 Å². The predicted molar refractivity (Wildman–Crippen MR) is 57.7 cm³/mol. The Bertz CT molecular complexity index is 297. The highest BCUT2D eigenvalue weighted by atomic mass is 16.3. The first kappa shape index (κ1) is 10.7. The topological polar surface area (TPSA) is 52.5 Å². The van der Waals surface area contributed by atoms with E-state index < -0.39 is 0 Å². The molecule has 0 saturated heterocycles. The molecule has 3 heteroatoms. The molecule has 1 aromatic rings. The average Bonchev–Trinajstić information content (AvgIpc) is 2.10. The summed E-state index contributed by atoms with van der Waals surface area (Å²) in [5, 5.41) is 21.5. The monoisotopic (exact) mass is 195 g/mol. The van der Waals surface area contributed by atoms with Crippen molar-refractivity contribution in [2.45, 2.75) is 20.3 Å². The van der Waals surface area contributed by atoms with Crippen molar-refractivity contribution in [2.24, 2.45) is 5.92 Å². The average molecular weight is 195 g/mol. The summed E-state index contributed by atoms with van der Waals surface area (Å²) in [7, 11) is 0. The standard InChI is InChI=1S/C11H17NO2/c1-8(2)5-6-12-9-3-4-10(13)11(14)7-9/h3-4,7-8,12-14H,5-6H2,1-2H3. The van der Waals surface area contributed by atoms with Gasteiger partial charge < -0.3 is 15.5 Å². The number of nitrogens with one attached hydrogen (secondary N) is 1. The number of anilines is 1. The molecule has 0 aromatic heterocycles. The second-order valence-electron chi connectivity index (χ2n) is 3.81. The summed E-state index contributed by atoms with van der Waals surface area (Å²) in [5.41, 5.74) is 0.834. The summed E-state index contributed by atoms with van der Waals surface area (Å²) in [6, 6.07) is 4.75. The fraction of sp³-hybridized carbons (Fsp3) is 0.455. The lowest BCUT2D eigenvalue weighted by molar-refractivity contribution is 0.404. The van der Waals surface area contributed by atoms with Crippen LogP contribution in [-0.2, 0) is 0 Å². The van der Waals surface area contributed by atoms with Crippen LogP contribution in [0.4, 0.5) is 5.69 Å². The zero-order valence-electron chi connectivity index (χ0n) is 8.62. The minimum atomic E-state index is -0.0839. The Morgan fingerprint density at radius 1 is 1.21 bits per heavy atom. The molecule has 0 bridgehead atoms. The molecule has 0 heterocycles. The van der Waals surface area contributed by atoms with Crippen LogP contribution in [0.1, 0.15) is 20.3 Å². The molecule has 0 aliphatic carbocycles. The van der Waals surface area contributed by atoms with Crippen molar-refractivity contribution in [3.63, 3.8) is 0 Å². The van der Waals surface area contributed by atoms with Crippen molar-refractivity contribution in [1.29, 1.82) is 0 Å². The molecule has 3 nitrogen and oxygen atoms in total. The van der Waals surface area contributed by atoms with E-state index in [1.54, 1.807) is 6.07 Å². The van der Waals surface area contributed by atoms with Crippen LogP contribution in [0.2, 0.25) is 0 Å². The Morgan fingerprint density at radius 3 is 2.50 bits per heavy atom. The van der Waals surface area contributed by atoms with Gasteiger partial charge in [-0.25, -0.2) is 0 Å². The van der Waals surface area contributed by atoms with E-state index in [9.17, 15) is 5.11 Å². The summed E-state index contributed by atoms with van der Waals surface area (Å²) in [6.07, 6.45) is 1.08. The van der Waals surface area contributed by atoms with Crippen molar-refractivity contribution >= 4 is 5.69 Å². The smallest absolute Gasteiger partial charge is 0.159 e. The molecule has 1 aromatic carbocycles. The third-order valence-corrected chi connectivity index (χ3v) is 2.03. The van der Waals surface area contributed by atoms with E-state index in [4.69, 9.17) is 5.11 Å². The van der Waals surface area contributed by atoms with Crippen LogP contribution in [-0.4, -0.2) is 16.8 Å². The summed E-state index contributed by atoms with van der Waals surface area (Å²) >= 11 is 0. The third-order valence-electron chi connectivity index (χ3n) is 2.03. The molecule has 0 saturated carbocycles. The SMILES string of the molecule is CC(C)CCNc1ccc(O)c(O)c1. The van der Waals surface area contributed by atoms with Crippen LogP contribution >= 0.6 is 0 Å². The molecule has 0 spiro atoms. The van der Waals surface area contributed by atoms with Crippen LogP contribution in [0, 0.1) is 5.92 Å². The lowest BCUT2D eigenvalue weighted by Crippen LogP contribution is -2.04. The largest absolute Gasteiger partial charge is 0.504 e. The van der Waals surface area contributed by atoms with Crippen molar-refractivity contribution in [3.8, 4) is 11.5 Å². The van der Waals surface area contributed by atoms with Gasteiger partial charge in [-0.05, 0) is 24.5 Å². The number of rotatable bonds is 4. The molecule has 0 unspecified atom stereocenters. The maximum absolute atomic E-state index is 9.22. The molecule has 0 atom stereocenters. The summed E-state index contributed by atoms with van der Waals surface area (Å²) in [6.45, 7) is 5.20. The Labute approximate surface area is 84.4 Å².